The van der Waals surface area contributed by atoms with Crippen molar-refractivity contribution in [3.8, 4) is 5.75 Å². The van der Waals surface area contributed by atoms with Crippen LogP contribution >= 0.6 is 0 Å². The highest BCUT2D eigenvalue weighted by molar-refractivity contribution is 5.83. The van der Waals surface area contributed by atoms with Gasteiger partial charge in [0.15, 0.2) is 12.7 Å². The lowest BCUT2D eigenvalue weighted by Crippen LogP contribution is -2.38. The van der Waals surface area contributed by atoms with E-state index in [4.69, 9.17) is 9.47 Å². The summed E-state index contributed by atoms with van der Waals surface area (Å²) < 4.78 is 22.8. The largest absolute Gasteiger partial charge is 0.482 e. The van der Waals surface area contributed by atoms with Crippen LogP contribution in [0.15, 0.2) is 24.3 Å². The van der Waals surface area contributed by atoms with Gasteiger partial charge in [0.1, 0.15) is 11.6 Å². The second kappa shape index (κ2) is 8.24. The lowest BCUT2D eigenvalue weighted by Gasteiger charge is -2.14. The van der Waals surface area contributed by atoms with E-state index >= 15 is 0 Å². The Kier molecular flexibility index (Phi) is 6.65. The standard InChI is InChI=1S/C15H20FNO4/c1-10(2)8-17-15(19)11(3)21-14(18)9-20-13-6-4-12(16)5-7-13/h4-7,10-11H,8-9H2,1-3H3,(H,17,19)/t11-/m0/s1. The predicted molar refractivity (Wildman–Crippen MR) is 75.3 cm³/mol. The molecule has 0 unspecified atom stereocenters. The fourth-order valence-electron chi connectivity index (χ4n) is 1.41. The number of benzene rings is 1. The summed E-state index contributed by atoms with van der Waals surface area (Å²) in [4.78, 5) is 23.2. The third-order valence-electron chi connectivity index (χ3n) is 2.53. The first-order valence-corrected chi connectivity index (χ1v) is 6.74. The Hall–Kier alpha value is -2.11. The smallest absolute Gasteiger partial charge is 0.344 e. The first-order chi connectivity index (χ1) is 9.88. The van der Waals surface area contributed by atoms with Crippen LogP contribution in [0.2, 0.25) is 0 Å². The molecule has 6 heteroatoms. The number of amides is 1. The van der Waals surface area contributed by atoms with Crippen molar-refractivity contribution in [2.24, 2.45) is 5.92 Å². The SMILES string of the molecule is CC(C)CNC(=O)[C@H](C)OC(=O)COc1ccc(F)cc1. The van der Waals surface area contributed by atoms with Crippen LogP contribution in [0.25, 0.3) is 0 Å². The number of halogens is 1. The van der Waals surface area contributed by atoms with Gasteiger partial charge in [-0.25, -0.2) is 9.18 Å². The maximum atomic E-state index is 12.7. The number of ether oxygens (including phenoxy) is 2. The number of nitrogens with one attached hydrogen (secondary N) is 1. The van der Waals surface area contributed by atoms with Crippen LogP contribution in [0.3, 0.4) is 0 Å². The van der Waals surface area contributed by atoms with Crippen LogP contribution in [-0.2, 0) is 14.3 Å². The second-order valence-electron chi connectivity index (χ2n) is 5.01. The zero-order valence-corrected chi connectivity index (χ0v) is 12.4. The quantitative estimate of drug-likeness (QED) is 0.781. The van der Waals surface area contributed by atoms with E-state index in [1.807, 2.05) is 13.8 Å². The van der Waals surface area contributed by atoms with Crippen LogP contribution in [0, 0.1) is 11.7 Å². The molecular formula is C15H20FNO4. The molecule has 0 aliphatic carbocycles. The van der Waals surface area contributed by atoms with Gasteiger partial charge in [-0.05, 0) is 37.1 Å². The molecule has 0 spiro atoms. The van der Waals surface area contributed by atoms with Crippen LogP contribution in [-0.4, -0.2) is 31.1 Å². The van der Waals surface area contributed by atoms with E-state index in [1.54, 1.807) is 0 Å². The van der Waals surface area contributed by atoms with Gasteiger partial charge in [-0.1, -0.05) is 13.8 Å². The Morgan fingerprint density at radius 2 is 1.81 bits per heavy atom. The van der Waals surface area contributed by atoms with Gasteiger partial charge in [0, 0.05) is 6.54 Å². The minimum atomic E-state index is -0.881. The number of esters is 1. The molecule has 1 atom stereocenters. The summed E-state index contributed by atoms with van der Waals surface area (Å²) in [6.45, 7) is 5.60. The Morgan fingerprint density at radius 1 is 1.19 bits per heavy atom. The molecule has 1 rings (SSSR count). The van der Waals surface area contributed by atoms with Crippen molar-refractivity contribution < 1.29 is 23.5 Å². The Morgan fingerprint density at radius 3 is 2.38 bits per heavy atom. The highest BCUT2D eigenvalue weighted by atomic mass is 19.1. The highest BCUT2D eigenvalue weighted by Crippen LogP contribution is 2.11. The average Bonchev–Trinajstić information content (AvgIpc) is 2.44. The molecule has 1 N–H and O–H groups in total. The summed E-state index contributed by atoms with van der Waals surface area (Å²) in [6.07, 6.45) is -0.881. The normalized spacial score (nSPS) is 11.9. The van der Waals surface area contributed by atoms with Gasteiger partial charge in [-0.3, -0.25) is 4.79 Å². The first kappa shape index (κ1) is 16.9. The molecule has 5 nitrogen and oxygen atoms in total. The molecule has 0 aliphatic heterocycles. The van der Waals surface area contributed by atoms with Crippen molar-refractivity contribution in [2.45, 2.75) is 26.9 Å². The van der Waals surface area contributed by atoms with Gasteiger partial charge in [0.05, 0.1) is 0 Å². The fourth-order valence-corrected chi connectivity index (χ4v) is 1.41. The van der Waals surface area contributed by atoms with Gasteiger partial charge in [0.25, 0.3) is 5.91 Å². The number of hydrogen-bond acceptors (Lipinski definition) is 4. The maximum Gasteiger partial charge on any atom is 0.344 e. The molecular weight excluding hydrogens is 277 g/mol. The summed E-state index contributed by atoms with van der Waals surface area (Å²) >= 11 is 0. The van der Waals surface area contributed by atoms with Gasteiger partial charge >= 0.3 is 5.97 Å². The summed E-state index contributed by atoms with van der Waals surface area (Å²) in [7, 11) is 0. The van der Waals surface area contributed by atoms with Crippen molar-refractivity contribution in [1.29, 1.82) is 0 Å². The van der Waals surface area contributed by atoms with E-state index in [-0.39, 0.29) is 18.3 Å². The van der Waals surface area contributed by atoms with E-state index < -0.39 is 12.1 Å². The molecule has 0 radical (unpaired) electrons. The first-order valence-electron chi connectivity index (χ1n) is 6.74. The number of rotatable bonds is 7. The van der Waals surface area contributed by atoms with Crippen LogP contribution < -0.4 is 10.1 Å². The summed E-state index contributed by atoms with van der Waals surface area (Å²) in [6, 6.07) is 5.26. The molecule has 0 aromatic heterocycles. The van der Waals surface area contributed by atoms with E-state index in [0.29, 0.717) is 18.2 Å². The molecule has 0 fully saturated rings. The molecule has 1 aromatic carbocycles. The Bertz CT molecular complexity index is 473. The van der Waals surface area contributed by atoms with Crippen molar-refractivity contribution in [1.82, 2.24) is 5.32 Å². The van der Waals surface area contributed by atoms with Crippen molar-refractivity contribution in [3.63, 3.8) is 0 Å². The fraction of sp³-hybridized carbons (Fsp3) is 0.467. The minimum absolute atomic E-state index is 0.318. The number of carbonyl (C=O) groups excluding carboxylic acids is 2. The van der Waals surface area contributed by atoms with Crippen LogP contribution in [0.1, 0.15) is 20.8 Å². The van der Waals surface area contributed by atoms with Gasteiger partial charge in [0.2, 0.25) is 0 Å². The van der Waals surface area contributed by atoms with E-state index in [2.05, 4.69) is 5.32 Å². The molecule has 21 heavy (non-hydrogen) atoms. The lowest BCUT2D eigenvalue weighted by atomic mass is 10.2. The van der Waals surface area contributed by atoms with Gasteiger partial charge < -0.3 is 14.8 Å². The molecule has 0 bridgehead atoms. The average molecular weight is 297 g/mol. The van der Waals surface area contributed by atoms with E-state index in [1.165, 1.54) is 31.2 Å². The van der Waals surface area contributed by atoms with Crippen molar-refractivity contribution >= 4 is 11.9 Å². The molecule has 116 valence electrons. The predicted octanol–water partition coefficient (Wildman–Crippen LogP) is 1.91. The number of hydrogen-bond donors (Lipinski definition) is 1. The number of carbonyl (C=O) groups is 2. The molecule has 0 saturated heterocycles. The Balaban J connectivity index is 2.32. The third kappa shape index (κ3) is 6.74. The summed E-state index contributed by atoms with van der Waals surface area (Å²) in [5.74, 6) is -0.727. The van der Waals surface area contributed by atoms with Gasteiger partial charge in [-0.15, -0.1) is 0 Å². The zero-order chi connectivity index (χ0) is 15.8. The molecule has 0 aliphatic rings. The Labute approximate surface area is 123 Å². The van der Waals surface area contributed by atoms with E-state index in [0.717, 1.165) is 0 Å². The molecule has 0 saturated carbocycles. The lowest BCUT2D eigenvalue weighted by molar-refractivity contribution is -0.156. The molecule has 1 aromatic rings. The monoisotopic (exact) mass is 297 g/mol. The van der Waals surface area contributed by atoms with Crippen molar-refractivity contribution in [3.05, 3.63) is 30.1 Å². The topological polar surface area (TPSA) is 64.6 Å². The van der Waals surface area contributed by atoms with E-state index in [9.17, 15) is 14.0 Å². The highest BCUT2D eigenvalue weighted by Gasteiger charge is 2.17. The zero-order valence-electron chi connectivity index (χ0n) is 12.4. The van der Waals surface area contributed by atoms with Gasteiger partial charge in [-0.2, -0.15) is 0 Å². The van der Waals surface area contributed by atoms with Crippen molar-refractivity contribution in [2.75, 3.05) is 13.2 Å². The second-order valence-corrected chi connectivity index (χ2v) is 5.01. The third-order valence-corrected chi connectivity index (χ3v) is 2.53. The summed E-state index contributed by atoms with van der Waals surface area (Å²) in [5, 5.41) is 2.67. The van der Waals surface area contributed by atoms with Crippen LogP contribution in [0.4, 0.5) is 4.39 Å². The minimum Gasteiger partial charge on any atom is -0.482 e. The molecule has 1 amide bonds. The summed E-state index contributed by atoms with van der Waals surface area (Å²) in [5.41, 5.74) is 0. The molecule has 0 heterocycles. The van der Waals surface area contributed by atoms with Crippen LogP contribution in [0.5, 0.6) is 5.75 Å². The maximum absolute atomic E-state index is 12.7.